The third kappa shape index (κ3) is 1.27. The molecule has 0 unspecified atom stereocenters. The minimum Gasteiger partial charge on any atom is -0.359 e. The molecule has 1 aromatic heterocycles. The zero-order chi connectivity index (χ0) is 9.26. The van der Waals surface area contributed by atoms with E-state index in [-0.39, 0.29) is 12.2 Å². The average Bonchev–Trinajstić information content (AvgIpc) is 2.53. The van der Waals surface area contributed by atoms with Crippen LogP contribution in [0, 0.1) is 17.1 Å². The first kappa shape index (κ1) is 7.81. The first-order valence-electron chi connectivity index (χ1n) is 3.94. The summed E-state index contributed by atoms with van der Waals surface area (Å²) >= 11 is 0. The molecule has 1 aromatic carbocycles. The van der Waals surface area contributed by atoms with Gasteiger partial charge in [0.1, 0.15) is 5.82 Å². The van der Waals surface area contributed by atoms with E-state index in [4.69, 9.17) is 5.26 Å². The number of hydrogen-bond acceptors (Lipinski definition) is 1. The summed E-state index contributed by atoms with van der Waals surface area (Å²) in [6, 6.07) is 6.99. The van der Waals surface area contributed by atoms with Crippen molar-refractivity contribution < 1.29 is 4.39 Å². The number of nitrogens with zero attached hydrogens (tertiary/aromatic N) is 1. The van der Waals surface area contributed by atoms with Crippen LogP contribution in [-0.4, -0.2) is 4.98 Å². The van der Waals surface area contributed by atoms with Gasteiger partial charge in [0.25, 0.3) is 0 Å². The van der Waals surface area contributed by atoms with Gasteiger partial charge >= 0.3 is 0 Å². The van der Waals surface area contributed by atoms with E-state index in [0.717, 1.165) is 5.39 Å². The monoisotopic (exact) mass is 174 g/mol. The highest BCUT2D eigenvalue weighted by Gasteiger charge is 2.03. The van der Waals surface area contributed by atoms with Gasteiger partial charge in [0.2, 0.25) is 0 Å². The molecule has 2 aromatic rings. The second-order valence-electron chi connectivity index (χ2n) is 2.85. The van der Waals surface area contributed by atoms with Gasteiger partial charge in [-0.3, -0.25) is 0 Å². The van der Waals surface area contributed by atoms with Gasteiger partial charge in [-0.05, 0) is 23.8 Å². The fraction of sp³-hybridized carbons (Fsp3) is 0.100. The van der Waals surface area contributed by atoms with Crippen LogP contribution in [0.1, 0.15) is 5.56 Å². The zero-order valence-electron chi connectivity index (χ0n) is 6.84. The van der Waals surface area contributed by atoms with Gasteiger partial charge in [-0.1, -0.05) is 0 Å². The van der Waals surface area contributed by atoms with Crippen molar-refractivity contribution in [3.63, 3.8) is 0 Å². The fourth-order valence-electron chi connectivity index (χ4n) is 1.38. The number of aromatic amines is 1. The lowest BCUT2D eigenvalue weighted by atomic mass is 10.1. The second kappa shape index (κ2) is 2.91. The number of hydrogen-bond donors (Lipinski definition) is 1. The highest BCUT2D eigenvalue weighted by atomic mass is 19.1. The minimum atomic E-state index is -0.298. The summed E-state index contributed by atoms with van der Waals surface area (Å²) in [5.41, 5.74) is 1.22. The molecule has 0 bridgehead atoms. The molecule has 64 valence electrons. The number of fused-ring (bicyclic) bond motifs is 1. The Morgan fingerprint density at radius 3 is 3.08 bits per heavy atom. The lowest BCUT2D eigenvalue weighted by molar-refractivity contribution is 0.636. The van der Waals surface area contributed by atoms with E-state index in [1.165, 1.54) is 6.07 Å². The van der Waals surface area contributed by atoms with Gasteiger partial charge < -0.3 is 4.98 Å². The summed E-state index contributed by atoms with van der Waals surface area (Å²) in [5.74, 6) is -0.298. The number of nitriles is 1. The van der Waals surface area contributed by atoms with Gasteiger partial charge in [0.05, 0.1) is 18.0 Å². The summed E-state index contributed by atoms with van der Waals surface area (Å²) < 4.78 is 13.3. The molecule has 0 radical (unpaired) electrons. The Kier molecular flexibility index (Phi) is 1.75. The molecular weight excluding hydrogens is 167 g/mol. The van der Waals surface area contributed by atoms with E-state index in [0.29, 0.717) is 11.1 Å². The molecular formula is C10H7FN2. The SMILES string of the molecule is N#CCc1cc(F)c2[nH]ccc2c1. The molecule has 13 heavy (non-hydrogen) atoms. The van der Waals surface area contributed by atoms with E-state index in [1.807, 2.05) is 12.1 Å². The minimum absolute atomic E-state index is 0.248. The molecule has 0 amide bonds. The predicted molar refractivity (Wildman–Crippen MR) is 47.6 cm³/mol. The van der Waals surface area contributed by atoms with Crippen molar-refractivity contribution in [3.8, 4) is 6.07 Å². The van der Waals surface area contributed by atoms with Crippen LogP contribution in [0.3, 0.4) is 0 Å². The van der Waals surface area contributed by atoms with E-state index in [2.05, 4.69) is 4.98 Å². The van der Waals surface area contributed by atoms with Crippen molar-refractivity contribution in [2.75, 3.05) is 0 Å². The van der Waals surface area contributed by atoms with Crippen LogP contribution in [0.2, 0.25) is 0 Å². The topological polar surface area (TPSA) is 39.6 Å². The second-order valence-corrected chi connectivity index (χ2v) is 2.85. The van der Waals surface area contributed by atoms with Crippen LogP contribution in [0.4, 0.5) is 4.39 Å². The molecule has 1 heterocycles. The van der Waals surface area contributed by atoms with Crippen molar-refractivity contribution in [2.24, 2.45) is 0 Å². The molecule has 2 nitrogen and oxygen atoms in total. The summed E-state index contributed by atoms with van der Waals surface area (Å²) in [5, 5.41) is 9.26. The van der Waals surface area contributed by atoms with E-state index in [1.54, 1.807) is 12.3 Å². The van der Waals surface area contributed by atoms with E-state index in [9.17, 15) is 4.39 Å². The van der Waals surface area contributed by atoms with E-state index >= 15 is 0 Å². The molecule has 1 N–H and O–H groups in total. The summed E-state index contributed by atoms with van der Waals surface area (Å²) in [6.07, 6.45) is 1.93. The lowest BCUT2D eigenvalue weighted by Crippen LogP contribution is -1.85. The van der Waals surface area contributed by atoms with Crippen molar-refractivity contribution in [2.45, 2.75) is 6.42 Å². The molecule has 0 aliphatic rings. The number of H-pyrrole nitrogens is 1. The first-order chi connectivity index (χ1) is 6.31. The maximum absolute atomic E-state index is 13.3. The molecule has 0 spiro atoms. The molecule has 3 heteroatoms. The Labute approximate surface area is 74.6 Å². The number of benzene rings is 1. The van der Waals surface area contributed by atoms with Crippen molar-refractivity contribution in [1.82, 2.24) is 4.98 Å². The lowest BCUT2D eigenvalue weighted by Gasteiger charge is -1.96. The highest BCUT2D eigenvalue weighted by Crippen LogP contribution is 2.18. The maximum atomic E-state index is 13.3. The Morgan fingerprint density at radius 2 is 2.31 bits per heavy atom. The Balaban J connectivity index is 2.64. The molecule has 0 saturated carbocycles. The number of aromatic nitrogens is 1. The van der Waals surface area contributed by atoms with E-state index < -0.39 is 0 Å². The molecule has 0 fully saturated rings. The Hall–Kier alpha value is -1.82. The van der Waals surface area contributed by atoms with Gasteiger partial charge in [-0.25, -0.2) is 4.39 Å². The summed E-state index contributed by atoms with van der Waals surface area (Å²) in [7, 11) is 0. The summed E-state index contributed by atoms with van der Waals surface area (Å²) in [6.45, 7) is 0. The van der Waals surface area contributed by atoms with Crippen LogP contribution in [0.15, 0.2) is 24.4 Å². The third-order valence-corrected chi connectivity index (χ3v) is 1.95. The van der Waals surface area contributed by atoms with Crippen LogP contribution in [-0.2, 0) is 6.42 Å². The third-order valence-electron chi connectivity index (χ3n) is 1.95. The van der Waals surface area contributed by atoms with Gasteiger partial charge in [-0.2, -0.15) is 5.26 Å². The largest absolute Gasteiger partial charge is 0.359 e. The van der Waals surface area contributed by atoms with Crippen LogP contribution in [0.25, 0.3) is 10.9 Å². The maximum Gasteiger partial charge on any atom is 0.147 e. The summed E-state index contributed by atoms with van der Waals surface area (Å²) in [4.78, 5) is 2.80. The molecule has 0 aliphatic heterocycles. The van der Waals surface area contributed by atoms with Gasteiger partial charge in [0, 0.05) is 11.6 Å². The fourth-order valence-corrected chi connectivity index (χ4v) is 1.38. The number of nitrogens with one attached hydrogen (secondary N) is 1. The quantitative estimate of drug-likeness (QED) is 0.708. The number of halogens is 1. The molecule has 0 aliphatic carbocycles. The van der Waals surface area contributed by atoms with Crippen molar-refractivity contribution in [1.29, 1.82) is 5.26 Å². The molecule has 0 saturated heterocycles. The van der Waals surface area contributed by atoms with Crippen molar-refractivity contribution >= 4 is 10.9 Å². The standard InChI is InChI=1S/C10H7FN2/c11-9-6-7(1-3-12)5-8-2-4-13-10(8)9/h2,4-6,13H,1H2. The number of rotatable bonds is 1. The van der Waals surface area contributed by atoms with Gasteiger partial charge in [0.15, 0.2) is 0 Å². The molecule has 2 rings (SSSR count). The predicted octanol–water partition coefficient (Wildman–Crippen LogP) is 2.37. The highest BCUT2D eigenvalue weighted by molar-refractivity contribution is 5.80. The normalized spacial score (nSPS) is 10.2. The Morgan fingerprint density at radius 1 is 1.46 bits per heavy atom. The smallest absolute Gasteiger partial charge is 0.147 e. The first-order valence-corrected chi connectivity index (χ1v) is 3.94. The van der Waals surface area contributed by atoms with Crippen molar-refractivity contribution in [3.05, 3.63) is 35.8 Å². The van der Waals surface area contributed by atoms with Crippen LogP contribution < -0.4 is 0 Å². The Bertz CT molecular complexity index is 479. The van der Waals surface area contributed by atoms with Gasteiger partial charge in [-0.15, -0.1) is 0 Å². The van der Waals surface area contributed by atoms with Crippen LogP contribution >= 0.6 is 0 Å². The zero-order valence-corrected chi connectivity index (χ0v) is 6.84. The average molecular weight is 174 g/mol. The molecule has 0 atom stereocenters. The van der Waals surface area contributed by atoms with Crippen LogP contribution in [0.5, 0.6) is 0 Å².